The minimum Gasteiger partial charge on any atom is -0.494 e. The molecule has 0 unspecified atom stereocenters. The van der Waals surface area contributed by atoms with Gasteiger partial charge in [0.25, 0.3) is 0 Å². The SMILES string of the molecule is COC(=O)[C@@H]1CSCCCCOc2ccc(cc2)C[C@H]([B]OCN)C(=O)N[C@@H](CC(C)C)C(=O)N1. The number of nitrogens with one attached hydrogen (secondary N) is 2. The first-order chi connectivity index (χ1) is 16.8. The third-order valence-corrected chi connectivity index (χ3v) is 6.60. The molecular weight excluding hydrogens is 469 g/mol. The Bertz CT molecular complexity index is 811. The normalized spacial score (nSPS) is 22.7. The number of nitrogens with two attached hydrogens (primary N) is 1. The second-order valence-electron chi connectivity index (χ2n) is 8.83. The van der Waals surface area contributed by atoms with Crippen LogP contribution in [-0.2, 0) is 30.2 Å². The Morgan fingerprint density at radius 1 is 1.20 bits per heavy atom. The van der Waals surface area contributed by atoms with Gasteiger partial charge in [-0.25, -0.2) is 4.79 Å². The maximum Gasteiger partial charge on any atom is 0.329 e. The lowest BCUT2D eigenvalue weighted by molar-refractivity contribution is -0.144. The van der Waals surface area contributed by atoms with E-state index in [4.69, 9.17) is 19.9 Å². The first kappa shape index (κ1) is 29.0. The van der Waals surface area contributed by atoms with E-state index >= 15 is 0 Å². The van der Waals surface area contributed by atoms with Crippen molar-refractivity contribution in [1.29, 1.82) is 0 Å². The first-order valence-corrected chi connectivity index (χ1v) is 13.1. The average Bonchev–Trinajstić information content (AvgIpc) is 2.84. The van der Waals surface area contributed by atoms with Crippen LogP contribution in [0.2, 0.25) is 5.82 Å². The van der Waals surface area contributed by atoms with Crippen LogP contribution in [0.25, 0.3) is 0 Å². The van der Waals surface area contributed by atoms with E-state index in [0.29, 0.717) is 25.2 Å². The van der Waals surface area contributed by atoms with Crippen LogP contribution in [-0.4, -0.2) is 69.3 Å². The number of thioether (sulfide) groups is 1. The van der Waals surface area contributed by atoms with Gasteiger partial charge in [0.05, 0.1) is 20.4 Å². The number of fused-ring (bicyclic) bond motifs is 16. The van der Waals surface area contributed by atoms with Crippen LogP contribution in [0.3, 0.4) is 0 Å². The predicted octanol–water partition coefficient (Wildman–Crippen LogP) is 1.66. The molecule has 11 heteroatoms. The van der Waals surface area contributed by atoms with Crippen molar-refractivity contribution >= 4 is 37.0 Å². The first-order valence-electron chi connectivity index (χ1n) is 12.0. The monoisotopic (exact) mass is 506 g/mol. The maximum atomic E-state index is 13.2. The van der Waals surface area contributed by atoms with E-state index in [0.717, 1.165) is 29.9 Å². The number of carbonyl (C=O) groups excluding carboxylic acids is 3. The van der Waals surface area contributed by atoms with Gasteiger partial charge in [-0.1, -0.05) is 26.0 Å². The Hall–Kier alpha value is -2.24. The van der Waals surface area contributed by atoms with Crippen molar-refractivity contribution in [3.8, 4) is 5.75 Å². The summed E-state index contributed by atoms with van der Waals surface area (Å²) in [4.78, 5) is 38.7. The van der Waals surface area contributed by atoms with Gasteiger partial charge in [-0.2, -0.15) is 11.8 Å². The fourth-order valence-corrected chi connectivity index (χ4v) is 4.64. The molecular formula is C24H37BN3O6S. The second kappa shape index (κ2) is 15.7. The molecule has 0 aromatic heterocycles. The summed E-state index contributed by atoms with van der Waals surface area (Å²) in [5.41, 5.74) is 6.39. The smallest absolute Gasteiger partial charge is 0.329 e. The van der Waals surface area contributed by atoms with Crippen LogP contribution in [0.4, 0.5) is 0 Å². The molecule has 1 aromatic rings. The molecule has 1 radical (unpaired) electrons. The van der Waals surface area contributed by atoms with Gasteiger partial charge in [0.2, 0.25) is 11.8 Å². The zero-order valence-electron chi connectivity index (χ0n) is 20.8. The van der Waals surface area contributed by atoms with Crippen LogP contribution in [0.1, 0.15) is 38.7 Å². The lowest BCUT2D eigenvalue weighted by Gasteiger charge is -2.25. The third-order valence-electron chi connectivity index (χ3n) is 5.45. The van der Waals surface area contributed by atoms with E-state index in [-0.39, 0.29) is 18.6 Å². The van der Waals surface area contributed by atoms with Gasteiger partial charge in [0.15, 0.2) is 0 Å². The molecule has 3 rings (SSSR count). The van der Waals surface area contributed by atoms with E-state index < -0.39 is 29.8 Å². The van der Waals surface area contributed by atoms with Crippen LogP contribution in [0.15, 0.2) is 24.3 Å². The van der Waals surface area contributed by atoms with E-state index in [9.17, 15) is 14.4 Å². The second-order valence-corrected chi connectivity index (χ2v) is 9.98. The van der Waals surface area contributed by atoms with Crippen LogP contribution < -0.4 is 21.1 Å². The number of amides is 2. The fraction of sp³-hybridized carbons (Fsp3) is 0.625. The number of rotatable bonds is 6. The zero-order chi connectivity index (χ0) is 25.6. The molecule has 0 aliphatic carbocycles. The molecule has 2 amide bonds. The molecule has 35 heavy (non-hydrogen) atoms. The Morgan fingerprint density at radius 2 is 1.94 bits per heavy atom. The molecule has 3 atom stereocenters. The standard InChI is InChI=1S/C24H37BN3O6S/c1-16(2)12-20-23(30)28-21(24(31)32-3)14-35-11-5-4-10-33-18-8-6-17(7-9-18)13-19(22(29)27-20)25-34-15-26/h6-9,16,19-21H,4-5,10-15,26H2,1-3H3,(H,27,29)(H,28,30)/t19-,20-,21-/m0/s1. The van der Waals surface area contributed by atoms with Gasteiger partial charge < -0.3 is 30.5 Å². The molecule has 9 nitrogen and oxygen atoms in total. The van der Waals surface area contributed by atoms with Gasteiger partial charge in [0.1, 0.15) is 17.8 Å². The minimum absolute atomic E-state index is 0.0645. The summed E-state index contributed by atoms with van der Waals surface area (Å²) in [5.74, 6) is 0.133. The molecule has 0 spiro atoms. The molecule has 1 aromatic carbocycles. The highest BCUT2D eigenvalue weighted by Gasteiger charge is 2.30. The Balaban J connectivity index is 2.27. The maximum absolute atomic E-state index is 13.2. The van der Waals surface area contributed by atoms with Crippen LogP contribution in [0.5, 0.6) is 5.75 Å². The number of carbonyl (C=O) groups is 3. The number of ether oxygens (including phenoxy) is 2. The number of benzene rings is 1. The van der Waals surface area contributed by atoms with Crippen molar-refractivity contribution in [2.75, 3.05) is 32.0 Å². The summed E-state index contributed by atoms with van der Waals surface area (Å²) in [6.07, 6.45) is 2.56. The lowest BCUT2D eigenvalue weighted by atomic mass is 9.75. The van der Waals surface area contributed by atoms with Gasteiger partial charge in [-0.05, 0) is 55.1 Å². The number of hydrogen-bond acceptors (Lipinski definition) is 8. The van der Waals surface area contributed by atoms with Crippen molar-refractivity contribution < 1.29 is 28.5 Å². The van der Waals surface area contributed by atoms with Crippen LogP contribution in [0, 0.1) is 5.92 Å². The summed E-state index contributed by atoms with van der Waals surface area (Å²) in [7, 11) is 2.70. The molecule has 4 N–H and O–H groups in total. The predicted molar refractivity (Wildman–Crippen MR) is 137 cm³/mol. The van der Waals surface area contributed by atoms with Crippen molar-refractivity contribution in [3.05, 3.63) is 29.8 Å². The van der Waals surface area contributed by atoms with E-state index in [1.54, 1.807) is 11.8 Å². The highest BCUT2D eigenvalue weighted by atomic mass is 32.2. The highest BCUT2D eigenvalue weighted by Crippen LogP contribution is 2.20. The molecule has 0 saturated carbocycles. The Labute approximate surface area is 212 Å². The molecule has 0 saturated heterocycles. The molecule has 0 fully saturated rings. The molecule has 2 bridgehead atoms. The van der Waals surface area contributed by atoms with E-state index in [1.807, 2.05) is 38.1 Å². The van der Waals surface area contributed by atoms with Crippen molar-refractivity contribution in [3.63, 3.8) is 0 Å². The number of methoxy groups -OCH3 is 1. The third kappa shape index (κ3) is 10.5. The number of esters is 1. The van der Waals surface area contributed by atoms with E-state index in [2.05, 4.69) is 10.6 Å². The van der Waals surface area contributed by atoms with Gasteiger partial charge in [-0.15, -0.1) is 0 Å². The zero-order valence-corrected chi connectivity index (χ0v) is 21.6. The van der Waals surface area contributed by atoms with Gasteiger partial charge in [0, 0.05) is 11.6 Å². The van der Waals surface area contributed by atoms with E-state index in [1.165, 1.54) is 14.6 Å². The molecule has 2 aliphatic rings. The van der Waals surface area contributed by atoms with Crippen molar-refractivity contribution in [2.24, 2.45) is 11.7 Å². The molecule has 2 aliphatic heterocycles. The van der Waals surface area contributed by atoms with Gasteiger partial charge >= 0.3 is 13.5 Å². The Morgan fingerprint density at radius 3 is 2.60 bits per heavy atom. The summed E-state index contributed by atoms with van der Waals surface area (Å²) in [6, 6.07) is 5.97. The average molecular weight is 506 g/mol. The van der Waals surface area contributed by atoms with Crippen molar-refractivity contribution in [2.45, 2.75) is 57.4 Å². The topological polar surface area (TPSA) is 129 Å². The minimum atomic E-state index is -0.814. The van der Waals surface area contributed by atoms with Crippen LogP contribution >= 0.6 is 11.8 Å². The molecule has 2 heterocycles. The summed E-state index contributed by atoms with van der Waals surface area (Å²) >= 11 is 1.56. The summed E-state index contributed by atoms with van der Waals surface area (Å²) in [5, 5.41) is 5.63. The lowest BCUT2D eigenvalue weighted by Crippen LogP contribution is -2.53. The molecule has 193 valence electrons. The summed E-state index contributed by atoms with van der Waals surface area (Å²) < 4.78 is 15.9. The summed E-state index contributed by atoms with van der Waals surface area (Å²) in [6.45, 7) is 4.45. The number of hydrogen-bond donors (Lipinski definition) is 3. The van der Waals surface area contributed by atoms with Crippen molar-refractivity contribution in [1.82, 2.24) is 10.6 Å². The highest BCUT2D eigenvalue weighted by molar-refractivity contribution is 7.99. The Kier molecular flexibility index (Phi) is 13.0. The largest absolute Gasteiger partial charge is 0.494 e. The fourth-order valence-electron chi connectivity index (χ4n) is 3.61. The quantitative estimate of drug-likeness (QED) is 0.302. The van der Waals surface area contributed by atoms with Gasteiger partial charge in [-0.3, -0.25) is 9.59 Å².